The van der Waals surface area contributed by atoms with Crippen LogP contribution in [0.1, 0.15) is 15.9 Å². The molecular weight excluding hydrogens is 596 g/mol. The number of thioether (sulfide) groups is 1. The SMILES string of the molecule is COC(=O)c1cc(NC(=O)CN2C(=O)S/C(=C\c3ccc(OS(=O)(=O)c4ccccc4)c(OC)c3)C2=O)ccc1Cl. The van der Waals surface area contributed by atoms with Gasteiger partial charge in [-0.05, 0) is 65.9 Å². The van der Waals surface area contributed by atoms with Crippen molar-refractivity contribution in [1.29, 1.82) is 0 Å². The smallest absolute Gasteiger partial charge is 0.339 e. The Balaban J connectivity index is 1.47. The van der Waals surface area contributed by atoms with Gasteiger partial charge in [-0.15, -0.1) is 0 Å². The van der Waals surface area contributed by atoms with Crippen LogP contribution < -0.4 is 14.2 Å². The van der Waals surface area contributed by atoms with Crippen molar-refractivity contribution < 1.29 is 41.3 Å². The Morgan fingerprint density at radius 1 is 1.00 bits per heavy atom. The molecule has 1 heterocycles. The van der Waals surface area contributed by atoms with Crippen molar-refractivity contribution in [3.8, 4) is 11.5 Å². The summed E-state index contributed by atoms with van der Waals surface area (Å²) in [6.45, 7) is -0.578. The van der Waals surface area contributed by atoms with E-state index in [1.165, 1.54) is 68.8 Å². The summed E-state index contributed by atoms with van der Waals surface area (Å²) in [5.41, 5.74) is 0.661. The Morgan fingerprint density at radius 2 is 1.73 bits per heavy atom. The third-order valence-corrected chi connectivity index (χ3v) is 8.03. The quantitative estimate of drug-likeness (QED) is 0.206. The third kappa shape index (κ3) is 6.88. The van der Waals surface area contributed by atoms with Gasteiger partial charge in [-0.1, -0.05) is 35.9 Å². The molecule has 3 aromatic carbocycles. The number of nitrogens with one attached hydrogen (secondary N) is 1. The van der Waals surface area contributed by atoms with Crippen molar-refractivity contribution in [2.45, 2.75) is 4.90 Å². The molecule has 1 aliphatic heterocycles. The zero-order chi connectivity index (χ0) is 29.7. The van der Waals surface area contributed by atoms with Gasteiger partial charge in [0.2, 0.25) is 5.91 Å². The number of carbonyl (C=O) groups excluding carboxylic acids is 4. The summed E-state index contributed by atoms with van der Waals surface area (Å²) in [6, 6.07) is 16.0. The number of halogens is 1. The number of ether oxygens (including phenoxy) is 2. The standard InChI is InChI=1S/C27H21ClN2O9S2/c1-37-22-12-16(8-11-21(22)39-41(35,36)18-6-4-3-5-7-18)13-23-25(32)30(27(34)40-23)15-24(31)29-17-9-10-20(28)19(14-17)26(33)38-2/h3-14H,15H2,1-2H3,(H,29,31)/b23-13-. The fourth-order valence-electron chi connectivity index (χ4n) is 3.60. The predicted molar refractivity (Wildman–Crippen MR) is 151 cm³/mol. The number of carbonyl (C=O) groups is 4. The van der Waals surface area contributed by atoms with Crippen LogP contribution in [-0.4, -0.2) is 57.1 Å². The highest BCUT2D eigenvalue weighted by Gasteiger charge is 2.36. The van der Waals surface area contributed by atoms with E-state index in [0.29, 0.717) is 17.3 Å². The van der Waals surface area contributed by atoms with Crippen molar-refractivity contribution in [1.82, 2.24) is 4.90 Å². The zero-order valence-electron chi connectivity index (χ0n) is 21.5. The van der Waals surface area contributed by atoms with Gasteiger partial charge in [-0.3, -0.25) is 19.3 Å². The van der Waals surface area contributed by atoms with Crippen LogP contribution in [0, 0.1) is 0 Å². The number of nitrogens with zero attached hydrogens (tertiary/aromatic N) is 1. The second kappa shape index (κ2) is 12.5. The molecule has 14 heteroatoms. The van der Waals surface area contributed by atoms with E-state index in [1.807, 2.05) is 0 Å². The van der Waals surface area contributed by atoms with Crippen molar-refractivity contribution in [3.63, 3.8) is 0 Å². The highest BCUT2D eigenvalue weighted by atomic mass is 35.5. The second-order valence-electron chi connectivity index (χ2n) is 8.26. The molecule has 0 aromatic heterocycles. The van der Waals surface area contributed by atoms with E-state index >= 15 is 0 Å². The summed E-state index contributed by atoms with van der Waals surface area (Å²) in [6.07, 6.45) is 1.41. The van der Waals surface area contributed by atoms with Crippen LogP contribution >= 0.6 is 23.4 Å². The topological polar surface area (TPSA) is 145 Å². The Labute approximate surface area is 244 Å². The molecule has 0 radical (unpaired) electrons. The molecule has 1 N–H and O–H groups in total. The average molecular weight is 617 g/mol. The van der Waals surface area contributed by atoms with E-state index in [2.05, 4.69) is 10.1 Å². The van der Waals surface area contributed by atoms with Crippen LogP contribution in [0.5, 0.6) is 11.5 Å². The second-order valence-corrected chi connectivity index (χ2v) is 11.2. The number of rotatable bonds is 9. The Bertz CT molecular complexity index is 1680. The zero-order valence-corrected chi connectivity index (χ0v) is 23.8. The molecule has 0 unspecified atom stereocenters. The van der Waals surface area contributed by atoms with E-state index in [1.54, 1.807) is 18.2 Å². The Kier molecular flexibility index (Phi) is 9.01. The first kappa shape index (κ1) is 29.6. The van der Waals surface area contributed by atoms with E-state index < -0.39 is 39.7 Å². The van der Waals surface area contributed by atoms with Gasteiger partial charge >= 0.3 is 16.1 Å². The van der Waals surface area contributed by atoms with Crippen molar-refractivity contribution >= 4 is 68.3 Å². The molecule has 0 saturated carbocycles. The number of imide groups is 1. The molecule has 0 bridgehead atoms. The van der Waals surface area contributed by atoms with Crippen LogP contribution in [0.4, 0.5) is 10.5 Å². The normalized spacial score (nSPS) is 14.2. The number of amides is 3. The van der Waals surface area contributed by atoms with Crippen LogP contribution in [0.25, 0.3) is 6.08 Å². The first-order valence-corrected chi connectivity index (χ1v) is 14.2. The minimum Gasteiger partial charge on any atom is -0.493 e. The molecule has 4 rings (SSSR count). The number of anilines is 1. The first-order chi connectivity index (χ1) is 19.5. The van der Waals surface area contributed by atoms with Gasteiger partial charge in [0.25, 0.3) is 11.1 Å². The van der Waals surface area contributed by atoms with Gasteiger partial charge in [0, 0.05) is 5.69 Å². The summed E-state index contributed by atoms with van der Waals surface area (Å²) in [5, 5.41) is 1.97. The largest absolute Gasteiger partial charge is 0.493 e. The van der Waals surface area contributed by atoms with E-state index in [0.717, 1.165) is 4.90 Å². The lowest BCUT2D eigenvalue weighted by Gasteiger charge is -2.13. The number of hydrogen-bond acceptors (Lipinski definition) is 10. The Hall–Kier alpha value is -4.33. The number of hydrogen-bond donors (Lipinski definition) is 1. The van der Waals surface area contributed by atoms with Crippen molar-refractivity contribution in [2.24, 2.45) is 0 Å². The lowest BCUT2D eigenvalue weighted by atomic mass is 10.2. The molecule has 1 fully saturated rings. The van der Waals surface area contributed by atoms with E-state index in [4.69, 9.17) is 20.5 Å². The van der Waals surface area contributed by atoms with E-state index in [-0.39, 0.29) is 37.6 Å². The van der Waals surface area contributed by atoms with Gasteiger partial charge < -0.3 is 19.0 Å². The molecule has 3 aromatic rings. The molecular formula is C27H21ClN2O9S2. The molecule has 3 amide bonds. The highest BCUT2D eigenvalue weighted by Crippen LogP contribution is 2.35. The predicted octanol–water partition coefficient (Wildman–Crippen LogP) is 4.58. The Morgan fingerprint density at radius 3 is 2.41 bits per heavy atom. The molecule has 0 spiro atoms. The monoisotopic (exact) mass is 616 g/mol. The average Bonchev–Trinajstić information content (AvgIpc) is 3.21. The van der Waals surface area contributed by atoms with Crippen LogP contribution in [0.3, 0.4) is 0 Å². The molecule has 212 valence electrons. The fraction of sp³-hybridized carbons (Fsp3) is 0.111. The molecule has 1 aliphatic rings. The summed E-state index contributed by atoms with van der Waals surface area (Å²) in [7, 11) is -1.61. The highest BCUT2D eigenvalue weighted by molar-refractivity contribution is 8.18. The van der Waals surface area contributed by atoms with Gasteiger partial charge in [0.15, 0.2) is 11.5 Å². The third-order valence-electron chi connectivity index (χ3n) is 5.55. The minimum atomic E-state index is -4.12. The van der Waals surface area contributed by atoms with Crippen molar-refractivity contribution in [3.05, 3.63) is 87.8 Å². The first-order valence-electron chi connectivity index (χ1n) is 11.6. The maximum absolute atomic E-state index is 12.9. The van der Waals surface area contributed by atoms with Crippen molar-refractivity contribution in [2.75, 3.05) is 26.1 Å². The van der Waals surface area contributed by atoms with Crippen LogP contribution in [-0.2, 0) is 24.4 Å². The number of methoxy groups -OCH3 is 2. The summed E-state index contributed by atoms with van der Waals surface area (Å²) in [4.78, 5) is 50.6. The maximum Gasteiger partial charge on any atom is 0.339 e. The fourth-order valence-corrected chi connectivity index (χ4v) is 5.59. The van der Waals surface area contributed by atoms with E-state index in [9.17, 15) is 27.6 Å². The summed E-state index contributed by atoms with van der Waals surface area (Å²) in [5.74, 6) is -2.08. The van der Waals surface area contributed by atoms with Gasteiger partial charge in [0.05, 0.1) is 29.7 Å². The van der Waals surface area contributed by atoms with Crippen LogP contribution in [0.15, 0.2) is 76.5 Å². The van der Waals surface area contributed by atoms with Crippen LogP contribution in [0.2, 0.25) is 5.02 Å². The molecule has 0 atom stereocenters. The van der Waals surface area contributed by atoms with Gasteiger partial charge in [0.1, 0.15) is 11.4 Å². The van der Waals surface area contributed by atoms with Gasteiger partial charge in [-0.25, -0.2) is 4.79 Å². The molecule has 11 nitrogen and oxygen atoms in total. The summed E-state index contributed by atoms with van der Waals surface area (Å²) >= 11 is 6.62. The van der Waals surface area contributed by atoms with Gasteiger partial charge in [-0.2, -0.15) is 8.42 Å². The molecule has 1 saturated heterocycles. The lowest BCUT2D eigenvalue weighted by Crippen LogP contribution is -2.36. The lowest BCUT2D eigenvalue weighted by molar-refractivity contribution is -0.127. The maximum atomic E-state index is 12.9. The minimum absolute atomic E-state index is 0.0329. The molecule has 0 aliphatic carbocycles. The number of benzene rings is 3. The molecule has 41 heavy (non-hydrogen) atoms. The summed E-state index contributed by atoms with van der Waals surface area (Å²) < 4.78 is 40.3. The number of esters is 1.